The molecule has 1 N–H and O–H groups in total. The van der Waals surface area contributed by atoms with Gasteiger partial charge in [0.05, 0.1) is 18.8 Å². The maximum atomic E-state index is 13.4. The van der Waals surface area contributed by atoms with E-state index in [9.17, 15) is 14.7 Å². The zero-order valence-corrected chi connectivity index (χ0v) is 17.1. The molecule has 0 aromatic heterocycles. The third-order valence-corrected chi connectivity index (χ3v) is 6.29. The molecule has 29 heavy (non-hydrogen) atoms. The van der Waals surface area contributed by atoms with Gasteiger partial charge in [-0.2, -0.15) is 0 Å². The number of hydrogen-bond donors (Lipinski definition) is 1. The largest absolute Gasteiger partial charge is 0.375 e. The Morgan fingerprint density at radius 2 is 1.86 bits per heavy atom. The average molecular weight is 392 g/mol. The minimum absolute atomic E-state index is 0.233. The van der Waals surface area contributed by atoms with E-state index < -0.39 is 11.5 Å². The van der Waals surface area contributed by atoms with E-state index in [-0.39, 0.29) is 12.2 Å². The fourth-order valence-electron chi connectivity index (χ4n) is 4.44. The Bertz CT molecular complexity index is 924. The lowest BCUT2D eigenvalue weighted by Gasteiger charge is -2.36. The standard InChI is InChI=1S/C24H28N2O3/c1-17-10-12-19(13-11-17)22(27)15-24(29)20-8-3-4-9-21(20)26(23(24)28)16-25-14-6-5-7-18(25)2/h3-4,8-13,18,29H,5-7,14-16H2,1-2H3/t18-,24-/m0/s1. The fourth-order valence-corrected chi connectivity index (χ4v) is 4.44. The van der Waals surface area contributed by atoms with Gasteiger partial charge in [0.25, 0.3) is 5.91 Å². The molecule has 2 aliphatic rings. The number of nitrogens with zero attached hydrogens (tertiary/aromatic N) is 2. The molecule has 2 aromatic rings. The number of fused-ring (bicyclic) bond motifs is 1. The highest BCUT2D eigenvalue weighted by Gasteiger charge is 2.51. The number of para-hydroxylation sites is 1. The van der Waals surface area contributed by atoms with E-state index in [0.29, 0.717) is 29.5 Å². The molecule has 0 aliphatic carbocycles. The van der Waals surface area contributed by atoms with Crippen molar-refractivity contribution in [3.8, 4) is 0 Å². The minimum Gasteiger partial charge on any atom is -0.375 e. The van der Waals surface area contributed by atoms with Crippen LogP contribution in [0.25, 0.3) is 0 Å². The first-order valence-corrected chi connectivity index (χ1v) is 10.4. The molecule has 4 rings (SSSR count). The first-order valence-electron chi connectivity index (χ1n) is 10.4. The van der Waals surface area contributed by atoms with Crippen molar-refractivity contribution in [1.29, 1.82) is 0 Å². The van der Waals surface area contributed by atoms with Crippen LogP contribution in [0.15, 0.2) is 48.5 Å². The summed E-state index contributed by atoms with van der Waals surface area (Å²) < 4.78 is 0. The van der Waals surface area contributed by atoms with E-state index in [0.717, 1.165) is 24.9 Å². The van der Waals surface area contributed by atoms with Gasteiger partial charge in [0, 0.05) is 23.7 Å². The van der Waals surface area contributed by atoms with Crippen LogP contribution in [0.4, 0.5) is 5.69 Å². The Kier molecular flexibility index (Phi) is 5.28. The van der Waals surface area contributed by atoms with E-state index in [1.54, 1.807) is 29.2 Å². The number of amides is 1. The maximum Gasteiger partial charge on any atom is 0.265 e. The maximum absolute atomic E-state index is 13.4. The summed E-state index contributed by atoms with van der Waals surface area (Å²) in [4.78, 5) is 30.2. The Morgan fingerprint density at radius 3 is 2.59 bits per heavy atom. The Hall–Kier alpha value is -2.50. The van der Waals surface area contributed by atoms with Gasteiger partial charge in [-0.1, -0.05) is 54.4 Å². The summed E-state index contributed by atoms with van der Waals surface area (Å²) in [6.45, 7) is 5.52. The van der Waals surface area contributed by atoms with E-state index in [1.165, 1.54) is 6.42 Å². The summed E-state index contributed by atoms with van der Waals surface area (Å²) in [7, 11) is 0. The predicted molar refractivity (Wildman–Crippen MR) is 113 cm³/mol. The van der Waals surface area contributed by atoms with Crippen LogP contribution in [-0.4, -0.2) is 41.0 Å². The molecule has 0 spiro atoms. The number of aliphatic hydroxyl groups is 1. The Morgan fingerprint density at radius 1 is 1.14 bits per heavy atom. The molecule has 2 aromatic carbocycles. The van der Waals surface area contributed by atoms with Crippen LogP contribution in [0.2, 0.25) is 0 Å². The Balaban J connectivity index is 1.62. The molecule has 1 amide bonds. The van der Waals surface area contributed by atoms with Crippen molar-refractivity contribution in [2.45, 2.75) is 51.2 Å². The van der Waals surface area contributed by atoms with Gasteiger partial charge < -0.3 is 5.11 Å². The zero-order valence-electron chi connectivity index (χ0n) is 17.1. The number of hydrogen-bond acceptors (Lipinski definition) is 4. The van der Waals surface area contributed by atoms with Crippen LogP contribution in [-0.2, 0) is 10.4 Å². The van der Waals surface area contributed by atoms with Crippen LogP contribution < -0.4 is 4.90 Å². The fraction of sp³-hybridized carbons (Fsp3) is 0.417. The second-order valence-corrected chi connectivity index (χ2v) is 8.38. The molecule has 2 atom stereocenters. The van der Waals surface area contributed by atoms with Gasteiger partial charge in [0.2, 0.25) is 0 Å². The summed E-state index contributed by atoms with van der Waals surface area (Å²) in [5.41, 5.74) is 0.976. The third kappa shape index (κ3) is 3.61. The molecule has 1 fully saturated rings. The van der Waals surface area contributed by atoms with Gasteiger partial charge in [-0.05, 0) is 32.8 Å². The number of ketones is 1. The molecule has 5 nitrogen and oxygen atoms in total. The SMILES string of the molecule is Cc1ccc(C(=O)C[C@@]2(O)C(=O)N(CN3CCCC[C@@H]3C)c3ccccc32)cc1. The third-order valence-electron chi connectivity index (χ3n) is 6.29. The number of carbonyl (C=O) groups excluding carboxylic acids is 2. The highest BCUT2D eigenvalue weighted by atomic mass is 16.3. The van der Waals surface area contributed by atoms with Crippen LogP contribution in [0.5, 0.6) is 0 Å². The summed E-state index contributed by atoms with van der Waals surface area (Å²) in [6.07, 6.45) is 3.18. The Labute approximate surface area is 171 Å². The van der Waals surface area contributed by atoms with E-state index in [4.69, 9.17) is 0 Å². The molecule has 0 saturated carbocycles. The smallest absolute Gasteiger partial charge is 0.265 e. The molecule has 152 valence electrons. The van der Waals surface area contributed by atoms with Gasteiger partial charge >= 0.3 is 0 Å². The number of aryl methyl sites for hydroxylation is 1. The first kappa shape index (κ1) is 19.8. The number of likely N-dealkylation sites (tertiary alicyclic amines) is 1. The molecule has 0 unspecified atom stereocenters. The average Bonchev–Trinajstić information content (AvgIpc) is 2.92. The van der Waals surface area contributed by atoms with Gasteiger partial charge in [0.15, 0.2) is 11.4 Å². The van der Waals surface area contributed by atoms with Gasteiger partial charge in [-0.15, -0.1) is 0 Å². The van der Waals surface area contributed by atoms with Crippen molar-refractivity contribution in [2.75, 3.05) is 18.1 Å². The summed E-state index contributed by atoms with van der Waals surface area (Å²) >= 11 is 0. The lowest BCUT2D eigenvalue weighted by molar-refractivity contribution is -0.136. The molecular formula is C24H28N2O3. The molecule has 0 bridgehead atoms. The second kappa shape index (κ2) is 7.73. The van der Waals surface area contributed by atoms with Crippen LogP contribution in [0.3, 0.4) is 0 Å². The second-order valence-electron chi connectivity index (χ2n) is 8.38. The molecule has 0 radical (unpaired) electrons. The van der Waals surface area contributed by atoms with Gasteiger partial charge in [0.1, 0.15) is 0 Å². The number of Topliss-reactive ketones (excluding diaryl/α,β-unsaturated/α-hetero) is 1. The van der Waals surface area contributed by atoms with Crippen molar-refractivity contribution in [1.82, 2.24) is 4.90 Å². The van der Waals surface area contributed by atoms with E-state index >= 15 is 0 Å². The lowest BCUT2D eigenvalue weighted by atomic mass is 9.88. The number of rotatable bonds is 5. The molecule has 5 heteroatoms. The highest BCUT2D eigenvalue weighted by molar-refractivity contribution is 6.10. The number of piperidine rings is 1. The molecule has 1 saturated heterocycles. The first-order chi connectivity index (χ1) is 13.9. The summed E-state index contributed by atoms with van der Waals surface area (Å²) in [6, 6.07) is 14.9. The van der Waals surface area contributed by atoms with E-state index in [1.807, 2.05) is 31.2 Å². The van der Waals surface area contributed by atoms with Crippen LogP contribution >= 0.6 is 0 Å². The monoisotopic (exact) mass is 392 g/mol. The molecular weight excluding hydrogens is 364 g/mol. The molecule has 2 aliphatic heterocycles. The number of benzene rings is 2. The topological polar surface area (TPSA) is 60.9 Å². The summed E-state index contributed by atoms with van der Waals surface area (Å²) in [5, 5.41) is 11.4. The van der Waals surface area contributed by atoms with Gasteiger partial charge in [-0.25, -0.2) is 0 Å². The van der Waals surface area contributed by atoms with Crippen molar-refractivity contribution in [2.24, 2.45) is 0 Å². The summed E-state index contributed by atoms with van der Waals surface area (Å²) in [5.74, 6) is -0.638. The lowest BCUT2D eigenvalue weighted by Crippen LogP contribution is -2.49. The normalized spacial score (nSPS) is 24.6. The van der Waals surface area contributed by atoms with Gasteiger partial charge in [-0.3, -0.25) is 19.4 Å². The molecule has 2 heterocycles. The predicted octanol–water partition coefficient (Wildman–Crippen LogP) is 3.63. The highest BCUT2D eigenvalue weighted by Crippen LogP contribution is 2.43. The quantitative estimate of drug-likeness (QED) is 0.790. The minimum atomic E-state index is -1.82. The van der Waals surface area contributed by atoms with Crippen LogP contribution in [0, 0.1) is 6.92 Å². The number of carbonyl (C=O) groups is 2. The van der Waals surface area contributed by atoms with Crippen molar-refractivity contribution >= 4 is 17.4 Å². The van der Waals surface area contributed by atoms with Crippen molar-refractivity contribution in [3.63, 3.8) is 0 Å². The van der Waals surface area contributed by atoms with E-state index in [2.05, 4.69) is 11.8 Å². The zero-order chi connectivity index (χ0) is 20.6. The number of anilines is 1. The van der Waals surface area contributed by atoms with Crippen molar-refractivity contribution < 1.29 is 14.7 Å². The van der Waals surface area contributed by atoms with Crippen molar-refractivity contribution in [3.05, 3.63) is 65.2 Å². The van der Waals surface area contributed by atoms with Crippen LogP contribution in [0.1, 0.15) is 54.1 Å².